The van der Waals surface area contributed by atoms with Crippen LogP contribution in [0.1, 0.15) is 22.6 Å². The van der Waals surface area contributed by atoms with Crippen molar-refractivity contribution in [2.24, 2.45) is 5.41 Å². The number of hydrogen-bond acceptors (Lipinski definition) is 4. The molecule has 0 bridgehead atoms. The van der Waals surface area contributed by atoms with Crippen LogP contribution in [0.4, 0.5) is 5.69 Å². The molecule has 3 aromatic rings. The van der Waals surface area contributed by atoms with Crippen LogP contribution in [0.3, 0.4) is 0 Å². The molecule has 0 saturated carbocycles. The second kappa shape index (κ2) is 10.5. The first-order valence-corrected chi connectivity index (χ1v) is 14.7. The Bertz CT molecular complexity index is 1720. The van der Waals surface area contributed by atoms with E-state index < -0.39 is 16.9 Å². The van der Waals surface area contributed by atoms with Gasteiger partial charge in [0, 0.05) is 62.5 Å². The number of hydrogen-bond donors (Lipinski definition) is 1. The van der Waals surface area contributed by atoms with E-state index in [1.54, 1.807) is 47.4 Å². The summed E-state index contributed by atoms with van der Waals surface area (Å²) < 4.78 is 0. The lowest BCUT2D eigenvalue weighted by molar-refractivity contribution is -0.150. The van der Waals surface area contributed by atoms with Gasteiger partial charge in [-0.15, -0.1) is 0 Å². The number of anilines is 1. The molecule has 3 aliphatic heterocycles. The fraction of sp³-hybridized carbons (Fsp3) is 0.219. The number of carbonyl (C=O) groups is 3. The van der Waals surface area contributed by atoms with Crippen molar-refractivity contribution in [1.29, 1.82) is 0 Å². The SMILES string of the molecule is C=CC(=O)N1C/C(=C\c2ccc(Cl)cc2Cl)C(=O)[C@@]2(C1)[C@H](c1ccc(Cl)cc1Cl)CN(C)[C@]21C(=O)Nc2ccccc21. The minimum atomic E-state index is -1.49. The molecule has 10 heteroatoms. The zero-order valence-corrected chi connectivity index (χ0v) is 25.5. The summed E-state index contributed by atoms with van der Waals surface area (Å²) >= 11 is 25.7. The summed E-state index contributed by atoms with van der Waals surface area (Å²) in [5.74, 6) is -1.58. The number of ketones is 1. The Balaban J connectivity index is 1.68. The molecule has 0 aromatic heterocycles. The lowest BCUT2D eigenvalue weighted by atomic mass is 9.56. The maximum Gasteiger partial charge on any atom is 0.250 e. The fourth-order valence-electron chi connectivity index (χ4n) is 7.11. The van der Waals surface area contributed by atoms with Gasteiger partial charge in [0.2, 0.25) is 5.91 Å². The van der Waals surface area contributed by atoms with Gasteiger partial charge in [-0.1, -0.05) is 83.3 Å². The molecule has 42 heavy (non-hydrogen) atoms. The van der Waals surface area contributed by atoms with Crippen LogP contribution in [0.5, 0.6) is 0 Å². The van der Waals surface area contributed by atoms with Gasteiger partial charge in [0.15, 0.2) is 5.78 Å². The highest BCUT2D eigenvalue weighted by Gasteiger charge is 2.75. The van der Waals surface area contributed by atoms with Gasteiger partial charge in [-0.25, -0.2) is 0 Å². The third kappa shape index (κ3) is 4.08. The summed E-state index contributed by atoms with van der Waals surface area (Å²) in [6, 6.07) is 17.5. The quantitative estimate of drug-likeness (QED) is 0.318. The smallest absolute Gasteiger partial charge is 0.250 e. The summed E-state index contributed by atoms with van der Waals surface area (Å²) in [6.45, 7) is 3.97. The minimum Gasteiger partial charge on any atom is -0.334 e. The van der Waals surface area contributed by atoms with Crippen LogP contribution in [-0.4, -0.2) is 54.1 Å². The third-order valence-corrected chi connectivity index (χ3v) is 9.90. The molecule has 0 aliphatic carbocycles. The maximum absolute atomic E-state index is 15.2. The van der Waals surface area contributed by atoms with Crippen LogP contribution < -0.4 is 5.32 Å². The normalized spacial score (nSPS) is 26.3. The Morgan fingerprint density at radius 3 is 2.38 bits per heavy atom. The second-order valence-corrected chi connectivity index (χ2v) is 12.5. The Labute approximate surface area is 263 Å². The highest BCUT2D eigenvalue weighted by Crippen LogP contribution is 2.64. The lowest BCUT2D eigenvalue weighted by Crippen LogP contribution is -2.66. The van der Waals surface area contributed by atoms with Gasteiger partial charge < -0.3 is 10.2 Å². The van der Waals surface area contributed by atoms with E-state index in [2.05, 4.69) is 11.9 Å². The van der Waals surface area contributed by atoms with Gasteiger partial charge in [-0.3, -0.25) is 19.3 Å². The number of para-hydroxylation sites is 1. The zero-order valence-electron chi connectivity index (χ0n) is 22.5. The number of likely N-dealkylation sites (tertiary alicyclic amines) is 2. The minimum absolute atomic E-state index is 0.00845. The Hall–Kier alpha value is -3.13. The highest BCUT2D eigenvalue weighted by molar-refractivity contribution is 6.36. The Kier molecular flexibility index (Phi) is 7.27. The lowest BCUT2D eigenvalue weighted by Gasteiger charge is -2.51. The molecule has 3 atom stereocenters. The van der Waals surface area contributed by atoms with Gasteiger partial charge in [0.05, 0.1) is 5.41 Å². The molecule has 214 valence electrons. The summed E-state index contributed by atoms with van der Waals surface area (Å²) in [6.07, 6.45) is 2.89. The number of carbonyl (C=O) groups excluding carboxylic acids is 3. The van der Waals surface area contributed by atoms with Gasteiger partial charge in [0.25, 0.3) is 5.91 Å². The molecule has 3 aliphatic rings. The standard InChI is InChI=1S/C32H25Cl4N3O3/c1-3-28(40)39-15-19(12-18-8-9-20(33)13-25(18)35)29(41)31(17-39)24(22-11-10-21(34)14-26(22)36)16-38(2)32(31)23-6-4-5-7-27(23)37-30(32)42/h3-14,24H,1,15-17H2,2H3,(H,37,42)/b19-12+/t24-,31+,32+/m0/s1. The fourth-order valence-corrected chi connectivity index (χ4v) is 8.12. The van der Waals surface area contributed by atoms with E-state index in [9.17, 15) is 9.59 Å². The van der Waals surface area contributed by atoms with E-state index >= 15 is 4.79 Å². The first-order chi connectivity index (χ1) is 20.0. The number of amides is 2. The van der Waals surface area contributed by atoms with Crippen LogP contribution in [0.15, 0.2) is 78.9 Å². The summed E-state index contributed by atoms with van der Waals surface area (Å²) in [5.41, 5.74) is -0.132. The van der Waals surface area contributed by atoms with Crippen molar-refractivity contribution in [2.75, 3.05) is 32.0 Å². The molecule has 2 amide bonds. The van der Waals surface area contributed by atoms with E-state index in [0.29, 0.717) is 54.6 Å². The van der Waals surface area contributed by atoms with Crippen molar-refractivity contribution < 1.29 is 14.4 Å². The molecule has 1 N–H and O–H groups in total. The van der Waals surface area contributed by atoms with E-state index in [0.717, 1.165) is 0 Å². The van der Waals surface area contributed by atoms with Crippen molar-refractivity contribution in [3.8, 4) is 0 Å². The van der Waals surface area contributed by atoms with Crippen LogP contribution in [0, 0.1) is 5.41 Å². The first-order valence-electron chi connectivity index (χ1n) is 13.2. The maximum atomic E-state index is 15.2. The number of likely N-dealkylation sites (N-methyl/N-ethyl adjacent to an activating group) is 1. The van der Waals surface area contributed by atoms with Gasteiger partial charge in [0.1, 0.15) is 5.54 Å². The number of rotatable bonds is 3. The van der Waals surface area contributed by atoms with Crippen molar-refractivity contribution in [2.45, 2.75) is 11.5 Å². The largest absolute Gasteiger partial charge is 0.334 e. The molecular weight excluding hydrogens is 616 g/mol. The number of benzene rings is 3. The van der Waals surface area contributed by atoms with Crippen molar-refractivity contribution >= 4 is 75.8 Å². The van der Waals surface area contributed by atoms with Crippen molar-refractivity contribution in [3.63, 3.8) is 0 Å². The number of Topliss-reactive ketones (excluding diaryl/α,β-unsaturated/α-hetero) is 1. The van der Waals surface area contributed by atoms with Crippen molar-refractivity contribution in [1.82, 2.24) is 9.80 Å². The first kappa shape index (κ1) is 29.0. The van der Waals surface area contributed by atoms with E-state index in [1.807, 2.05) is 36.2 Å². The summed E-state index contributed by atoms with van der Waals surface area (Å²) in [7, 11) is 1.83. The van der Waals surface area contributed by atoms with E-state index in [-0.39, 0.29) is 30.7 Å². The molecular formula is C32H25Cl4N3O3. The van der Waals surface area contributed by atoms with E-state index in [4.69, 9.17) is 46.4 Å². The number of nitrogens with zero attached hydrogens (tertiary/aromatic N) is 2. The van der Waals surface area contributed by atoms with Gasteiger partial charge in [-0.2, -0.15) is 0 Å². The number of halogens is 4. The molecule has 2 saturated heterocycles. The average Bonchev–Trinajstić information content (AvgIpc) is 3.40. The molecule has 2 fully saturated rings. The van der Waals surface area contributed by atoms with E-state index in [1.165, 1.54) is 6.08 Å². The number of piperidine rings is 1. The third-order valence-electron chi connectivity index (χ3n) is 8.78. The van der Waals surface area contributed by atoms with Crippen LogP contribution >= 0.6 is 46.4 Å². The number of fused-ring (bicyclic) bond motifs is 3. The van der Waals surface area contributed by atoms with Crippen LogP contribution in [-0.2, 0) is 19.9 Å². The topological polar surface area (TPSA) is 69.7 Å². The predicted octanol–water partition coefficient (Wildman–Crippen LogP) is 6.84. The van der Waals surface area contributed by atoms with Crippen molar-refractivity contribution in [3.05, 3.63) is 116 Å². The molecule has 3 heterocycles. The predicted molar refractivity (Wildman–Crippen MR) is 167 cm³/mol. The monoisotopic (exact) mass is 639 g/mol. The molecule has 3 aromatic carbocycles. The second-order valence-electron chi connectivity index (χ2n) is 10.8. The Morgan fingerprint density at radius 1 is 1.00 bits per heavy atom. The van der Waals surface area contributed by atoms with Crippen LogP contribution in [0.2, 0.25) is 20.1 Å². The molecule has 0 radical (unpaired) electrons. The summed E-state index contributed by atoms with van der Waals surface area (Å²) in [4.78, 5) is 46.4. The molecule has 6 nitrogen and oxygen atoms in total. The molecule has 2 spiro atoms. The zero-order chi connectivity index (χ0) is 30.0. The highest BCUT2D eigenvalue weighted by atomic mass is 35.5. The average molecular weight is 641 g/mol. The van der Waals surface area contributed by atoms with Gasteiger partial charge in [-0.05, 0) is 60.7 Å². The van der Waals surface area contributed by atoms with Gasteiger partial charge >= 0.3 is 0 Å². The molecule has 6 rings (SSSR count). The number of nitrogens with one attached hydrogen (secondary N) is 1. The van der Waals surface area contributed by atoms with Crippen LogP contribution in [0.25, 0.3) is 6.08 Å². The molecule has 0 unspecified atom stereocenters. The Morgan fingerprint density at radius 2 is 1.69 bits per heavy atom. The summed E-state index contributed by atoms with van der Waals surface area (Å²) in [5, 5.41) is 4.63.